The third-order valence-electron chi connectivity index (χ3n) is 11.1. The molecule has 5 aliphatic rings. The minimum Gasteiger partial charge on any atom is -0.490 e. The summed E-state index contributed by atoms with van der Waals surface area (Å²) in [5, 5.41) is 3.98. The maximum Gasteiger partial charge on any atom is 0.408 e. The van der Waals surface area contributed by atoms with Gasteiger partial charge in [0.1, 0.15) is 30.3 Å². The quantitative estimate of drug-likeness (QED) is 0.398. The van der Waals surface area contributed by atoms with Crippen molar-refractivity contribution in [2.75, 3.05) is 6.54 Å². The summed E-state index contributed by atoms with van der Waals surface area (Å²) in [6, 6.07) is 6.75. The summed E-state index contributed by atoms with van der Waals surface area (Å²) in [5.74, 6) is 2.55. The van der Waals surface area contributed by atoms with Gasteiger partial charge in [-0.05, 0) is 92.7 Å². The maximum absolute atomic E-state index is 14.3. The zero-order chi connectivity index (χ0) is 32.2. The van der Waals surface area contributed by atoms with Crippen LogP contribution in [-0.2, 0) is 20.7 Å². The number of hydrogen-bond donors (Lipinski definition) is 1. The first-order valence-electron chi connectivity index (χ1n) is 17.6. The molecule has 2 aliphatic heterocycles. The van der Waals surface area contributed by atoms with Crippen molar-refractivity contribution in [2.24, 2.45) is 29.1 Å². The number of carbonyl (C=O) groups is 3. The molecule has 1 aromatic carbocycles. The SMILES string of the molecule is CC[C@@H]1[C@@H]2CN(C(=O)[C@H](C(C)(C)C)NC(=O)O[C@@H]3CC4CC4[C@H]3CCCCCc3cc4ccc(OC5CC5)cc4nc3O2)[C@@H]1C=O. The molecule has 9 heteroatoms. The van der Waals surface area contributed by atoms with E-state index < -0.39 is 29.7 Å². The number of alkyl carbamates (subject to hydrolysis) is 1. The molecule has 0 spiro atoms. The lowest BCUT2D eigenvalue weighted by molar-refractivity contribution is -0.139. The van der Waals surface area contributed by atoms with Crippen LogP contribution in [0.4, 0.5) is 4.79 Å². The highest BCUT2D eigenvalue weighted by Gasteiger charge is 2.55. The van der Waals surface area contributed by atoms with Crippen LogP contribution in [0.3, 0.4) is 0 Å². The molecule has 1 aromatic heterocycles. The molecule has 2 aromatic rings. The summed E-state index contributed by atoms with van der Waals surface area (Å²) in [5.41, 5.74) is 1.26. The number of carbonyl (C=O) groups excluding carboxylic acids is 3. The van der Waals surface area contributed by atoms with Gasteiger partial charge in [-0.15, -0.1) is 0 Å². The Morgan fingerprint density at radius 3 is 2.59 bits per heavy atom. The Hall–Kier alpha value is -3.36. The molecule has 248 valence electrons. The standard InChI is InChI=1S/C37H49N3O6/c1-5-26-30(20-41)40-19-32(26)45-34-22(15-21-11-12-25(18-29(21)38-34)44-24-13-14-24)9-7-6-8-10-27-28-16-23(28)17-31(27)46-36(43)39-33(35(40)42)37(2,3)4/h11-12,15,18,20,23-24,26-28,30-33H,5-10,13-14,16-17,19H2,1-4H3,(H,39,43)/t23?,26-,27+,28?,30+,31+,32-,33+/m0/s1. The van der Waals surface area contributed by atoms with E-state index in [4.69, 9.17) is 19.2 Å². The summed E-state index contributed by atoms with van der Waals surface area (Å²) in [7, 11) is 0. The molecule has 1 N–H and O–H groups in total. The first-order chi connectivity index (χ1) is 22.1. The van der Waals surface area contributed by atoms with E-state index in [1.54, 1.807) is 4.90 Å². The van der Waals surface area contributed by atoms with Crippen molar-refractivity contribution >= 4 is 29.2 Å². The highest BCUT2D eigenvalue weighted by atomic mass is 16.6. The van der Waals surface area contributed by atoms with Crippen molar-refractivity contribution in [1.29, 1.82) is 0 Å². The first kappa shape index (κ1) is 31.3. The number of pyridine rings is 1. The lowest BCUT2D eigenvalue weighted by Gasteiger charge is -2.35. The lowest BCUT2D eigenvalue weighted by Crippen LogP contribution is -2.56. The molecule has 3 heterocycles. The van der Waals surface area contributed by atoms with Crippen LogP contribution in [-0.4, -0.2) is 65.1 Å². The number of ether oxygens (including phenoxy) is 3. The van der Waals surface area contributed by atoms with E-state index in [0.717, 1.165) is 79.9 Å². The summed E-state index contributed by atoms with van der Waals surface area (Å²) in [6.45, 7) is 8.05. The Kier molecular flexibility index (Phi) is 8.39. The molecule has 1 saturated heterocycles. The van der Waals surface area contributed by atoms with E-state index in [0.29, 0.717) is 36.2 Å². The number of aromatic nitrogens is 1. The van der Waals surface area contributed by atoms with E-state index >= 15 is 0 Å². The van der Waals surface area contributed by atoms with Gasteiger partial charge in [-0.2, -0.15) is 0 Å². The van der Waals surface area contributed by atoms with Crippen molar-refractivity contribution in [3.05, 3.63) is 29.8 Å². The molecular formula is C37H49N3O6. The van der Waals surface area contributed by atoms with Gasteiger partial charge in [0, 0.05) is 22.9 Å². The topological polar surface area (TPSA) is 107 Å². The van der Waals surface area contributed by atoms with Crippen LogP contribution >= 0.6 is 0 Å². The van der Waals surface area contributed by atoms with Crippen LogP contribution in [0.25, 0.3) is 10.9 Å². The fourth-order valence-corrected chi connectivity index (χ4v) is 8.32. The Balaban J connectivity index is 1.22. The van der Waals surface area contributed by atoms with Crippen molar-refractivity contribution in [2.45, 2.75) is 122 Å². The lowest BCUT2D eigenvalue weighted by atomic mass is 9.85. The van der Waals surface area contributed by atoms with Gasteiger partial charge >= 0.3 is 6.09 Å². The molecule has 7 rings (SSSR count). The van der Waals surface area contributed by atoms with Crippen molar-refractivity contribution in [1.82, 2.24) is 15.2 Å². The number of amides is 2. The van der Waals surface area contributed by atoms with Gasteiger partial charge < -0.3 is 29.2 Å². The van der Waals surface area contributed by atoms with Gasteiger partial charge in [0.05, 0.1) is 24.2 Å². The first-order valence-corrected chi connectivity index (χ1v) is 17.6. The number of nitrogens with zero attached hydrogens (tertiary/aromatic N) is 2. The number of nitrogens with one attached hydrogen (secondary N) is 1. The summed E-state index contributed by atoms with van der Waals surface area (Å²) >= 11 is 0. The number of aryl methyl sites for hydroxylation is 1. The number of benzene rings is 1. The average molecular weight is 632 g/mol. The second-order valence-electron chi connectivity index (χ2n) is 15.5. The van der Waals surface area contributed by atoms with E-state index in [1.807, 2.05) is 39.8 Å². The van der Waals surface area contributed by atoms with E-state index in [-0.39, 0.29) is 24.5 Å². The van der Waals surface area contributed by atoms with Gasteiger partial charge in [-0.1, -0.05) is 40.5 Å². The number of aldehydes is 1. The predicted octanol–water partition coefficient (Wildman–Crippen LogP) is 6.24. The van der Waals surface area contributed by atoms with Crippen LogP contribution in [0.15, 0.2) is 24.3 Å². The Morgan fingerprint density at radius 2 is 1.85 bits per heavy atom. The van der Waals surface area contributed by atoms with E-state index in [1.165, 1.54) is 6.42 Å². The molecular weight excluding hydrogens is 582 g/mol. The molecule has 3 aliphatic carbocycles. The Labute approximate surface area is 272 Å². The van der Waals surface area contributed by atoms with Crippen LogP contribution < -0.4 is 14.8 Å². The minimum absolute atomic E-state index is 0.111. The monoisotopic (exact) mass is 631 g/mol. The second-order valence-corrected chi connectivity index (χ2v) is 15.5. The van der Waals surface area contributed by atoms with Crippen LogP contribution in [0.5, 0.6) is 11.6 Å². The summed E-state index contributed by atoms with van der Waals surface area (Å²) < 4.78 is 18.9. The number of hydrogen-bond acceptors (Lipinski definition) is 7. The van der Waals surface area contributed by atoms with E-state index in [9.17, 15) is 14.4 Å². The second kappa shape index (κ2) is 12.3. The highest BCUT2D eigenvalue weighted by Crippen LogP contribution is 2.57. The molecule has 46 heavy (non-hydrogen) atoms. The third kappa shape index (κ3) is 6.30. The predicted molar refractivity (Wildman–Crippen MR) is 174 cm³/mol. The summed E-state index contributed by atoms with van der Waals surface area (Å²) in [4.78, 5) is 46.9. The molecule has 0 radical (unpaired) electrons. The van der Waals surface area contributed by atoms with Gasteiger partial charge in [-0.3, -0.25) is 4.79 Å². The number of rotatable bonds is 4. The molecule has 3 saturated carbocycles. The minimum atomic E-state index is -0.855. The molecule has 4 fully saturated rings. The van der Waals surface area contributed by atoms with Crippen molar-refractivity contribution in [3.63, 3.8) is 0 Å². The third-order valence-corrected chi connectivity index (χ3v) is 11.1. The van der Waals surface area contributed by atoms with Crippen molar-refractivity contribution < 1.29 is 28.6 Å². The van der Waals surface area contributed by atoms with Gasteiger partial charge in [0.2, 0.25) is 11.8 Å². The molecule has 8 atom stereocenters. The van der Waals surface area contributed by atoms with E-state index in [2.05, 4.69) is 17.4 Å². The highest BCUT2D eigenvalue weighted by molar-refractivity contribution is 5.89. The molecule has 2 amide bonds. The van der Waals surface area contributed by atoms with Gasteiger partial charge in [-0.25, -0.2) is 9.78 Å². The smallest absolute Gasteiger partial charge is 0.408 e. The largest absolute Gasteiger partial charge is 0.490 e. The maximum atomic E-state index is 14.3. The zero-order valence-corrected chi connectivity index (χ0v) is 27.7. The van der Waals surface area contributed by atoms with Crippen LogP contribution in [0.2, 0.25) is 0 Å². The number of fused-ring (bicyclic) bond motifs is 7. The Morgan fingerprint density at radius 1 is 1.02 bits per heavy atom. The average Bonchev–Trinajstić information content (AvgIpc) is 3.93. The van der Waals surface area contributed by atoms with Gasteiger partial charge in [0.15, 0.2) is 0 Å². The van der Waals surface area contributed by atoms with Crippen LogP contribution in [0.1, 0.15) is 91.0 Å². The summed E-state index contributed by atoms with van der Waals surface area (Å²) in [6.07, 6.45) is 10.1. The van der Waals surface area contributed by atoms with Crippen LogP contribution in [0, 0.1) is 29.1 Å². The molecule has 9 nitrogen and oxygen atoms in total. The Bertz CT molecular complexity index is 1480. The molecule has 2 unspecified atom stereocenters. The zero-order valence-electron chi connectivity index (χ0n) is 27.7. The van der Waals surface area contributed by atoms with Crippen molar-refractivity contribution in [3.8, 4) is 11.6 Å². The normalized spacial score (nSPS) is 33.4. The van der Waals surface area contributed by atoms with Gasteiger partial charge in [0.25, 0.3) is 0 Å². The fraction of sp³-hybridized carbons (Fsp3) is 0.676. The molecule has 2 bridgehead atoms. The fourth-order valence-electron chi connectivity index (χ4n) is 8.32.